The highest BCUT2D eigenvalue weighted by molar-refractivity contribution is 5.77. The average Bonchev–Trinajstić information content (AvgIpc) is 3.22. The molecule has 0 radical (unpaired) electrons. The van der Waals surface area contributed by atoms with Crippen molar-refractivity contribution in [2.45, 2.75) is 32.0 Å². The molecule has 3 atom stereocenters. The number of nitrogens with one attached hydrogen (secondary N) is 1. The van der Waals surface area contributed by atoms with Crippen LogP contribution in [0.2, 0.25) is 0 Å². The number of carbonyl (C=O) groups excluding carboxylic acids is 1. The van der Waals surface area contributed by atoms with Crippen molar-refractivity contribution in [3.8, 4) is 17.2 Å². The van der Waals surface area contributed by atoms with Crippen LogP contribution < -0.4 is 19.5 Å². The van der Waals surface area contributed by atoms with E-state index in [1.807, 2.05) is 48.5 Å². The molecule has 0 spiro atoms. The highest BCUT2D eigenvalue weighted by Crippen LogP contribution is 2.33. The lowest BCUT2D eigenvalue weighted by atomic mass is 9.90. The zero-order valence-electron chi connectivity index (χ0n) is 17.1. The number of para-hydroxylation sites is 1. The molecule has 2 aliphatic rings. The van der Waals surface area contributed by atoms with Crippen LogP contribution in [0, 0.1) is 5.92 Å². The van der Waals surface area contributed by atoms with Crippen LogP contribution in [-0.2, 0) is 11.2 Å². The molecule has 0 saturated carbocycles. The summed E-state index contributed by atoms with van der Waals surface area (Å²) in [4.78, 5) is 14.7. The number of rotatable bonds is 7. The topological polar surface area (TPSA) is 80.3 Å². The number of aliphatic hydroxyl groups excluding tert-OH is 1. The summed E-state index contributed by atoms with van der Waals surface area (Å²) >= 11 is 0. The second kappa shape index (κ2) is 9.36. The van der Waals surface area contributed by atoms with Crippen molar-refractivity contribution >= 4 is 5.91 Å². The van der Waals surface area contributed by atoms with E-state index in [0.717, 1.165) is 22.8 Å². The lowest BCUT2D eigenvalue weighted by Crippen LogP contribution is -2.62. The molecule has 2 aliphatic heterocycles. The van der Waals surface area contributed by atoms with Crippen molar-refractivity contribution in [2.75, 3.05) is 26.5 Å². The minimum absolute atomic E-state index is 0. The zero-order valence-corrected chi connectivity index (χ0v) is 17.1. The summed E-state index contributed by atoms with van der Waals surface area (Å²) in [6.45, 7) is 3.75. The first kappa shape index (κ1) is 20.5. The van der Waals surface area contributed by atoms with Gasteiger partial charge in [0.15, 0.2) is 11.5 Å². The Morgan fingerprint density at radius 2 is 2.07 bits per heavy atom. The molecule has 1 amide bonds. The van der Waals surface area contributed by atoms with Gasteiger partial charge in [-0.05, 0) is 42.2 Å². The van der Waals surface area contributed by atoms with E-state index >= 15 is 0 Å². The summed E-state index contributed by atoms with van der Waals surface area (Å²) in [7, 11) is 0. The third-order valence-corrected chi connectivity index (χ3v) is 5.62. The molecule has 1 saturated heterocycles. The van der Waals surface area contributed by atoms with Crippen LogP contribution in [0.3, 0.4) is 0 Å². The fourth-order valence-electron chi connectivity index (χ4n) is 4.16. The Morgan fingerprint density at radius 3 is 2.90 bits per heavy atom. The Labute approximate surface area is 178 Å². The molecule has 3 unspecified atom stereocenters. The number of nitrogens with zero attached hydrogens (tertiary/aromatic N) is 1. The van der Waals surface area contributed by atoms with Crippen LogP contribution in [0.1, 0.15) is 20.3 Å². The normalized spacial score (nSPS) is 21.3. The maximum absolute atomic E-state index is 12.9. The summed E-state index contributed by atoms with van der Waals surface area (Å²) < 4.78 is 16.5. The van der Waals surface area contributed by atoms with E-state index in [4.69, 9.17) is 14.2 Å². The van der Waals surface area contributed by atoms with Crippen LogP contribution in [0.4, 0.5) is 0 Å². The van der Waals surface area contributed by atoms with Gasteiger partial charge in [0, 0.05) is 14.5 Å². The van der Waals surface area contributed by atoms with Gasteiger partial charge in [-0.2, -0.15) is 0 Å². The molecule has 0 aliphatic carbocycles. The van der Waals surface area contributed by atoms with E-state index in [0.29, 0.717) is 26.1 Å². The Hall–Kier alpha value is -2.77. The molecule has 7 heteroatoms. The van der Waals surface area contributed by atoms with Gasteiger partial charge in [-0.3, -0.25) is 10.1 Å². The number of benzene rings is 2. The number of piperazine rings is 1. The Kier molecular flexibility index (Phi) is 6.40. The first-order valence-electron chi connectivity index (χ1n) is 10.4. The molecule has 162 valence electrons. The number of hydrogen-bond acceptors (Lipinski definition) is 6. The predicted molar refractivity (Wildman–Crippen MR) is 114 cm³/mol. The van der Waals surface area contributed by atoms with Crippen LogP contribution >= 0.6 is 0 Å². The average molecular weight is 415 g/mol. The quantitative estimate of drug-likeness (QED) is 0.724. The van der Waals surface area contributed by atoms with Crippen molar-refractivity contribution in [1.82, 2.24) is 10.2 Å². The maximum atomic E-state index is 12.9. The van der Waals surface area contributed by atoms with Gasteiger partial charge < -0.3 is 24.2 Å². The molecule has 4 rings (SSSR count). The minimum Gasteiger partial charge on any atom is -0.493 e. The molecule has 30 heavy (non-hydrogen) atoms. The van der Waals surface area contributed by atoms with Crippen LogP contribution in [-0.4, -0.2) is 54.7 Å². The summed E-state index contributed by atoms with van der Waals surface area (Å²) in [5.41, 5.74) is 1.09. The SMILES string of the molecule is CC(Cc1ccc2c(c1)OCO2)C1C(O)NCCN1C(=O)CCOc1ccccc1.[HH]. The molecule has 2 aromatic carbocycles. The molecule has 0 aromatic heterocycles. The van der Waals surface area contributed by atoms with Crippen molar-refractivity contribution in [3.63, 3.8) is 0 Å². The minimum atomic E-state index is -0.762. The second-order valence-electron chi connectivity index (χ2n) is 7.76. The molecule has 0 bridgehead atoms. The zero-order chi connectivity index (χ0) is 20.9. The number of amides is 1. The van der Waals surface area contributed by atoms with Gasteiger partial charge >= 0.3 is 0 Å². The lowest BCUT2D eigenvalue weighted by molar-refractivity contribution is -0.142. The molecule has 2 N–H and O–H groups in total. The van der Waals surface area contributed by atoms with E-state index in [1.165, 1.54) is 0 Å². The predicted octanol–water partition coefficient (Wildman–Crippen LogP) is 2.43. The highest BCUT2D eigenvalue weighted by atomic mass is 16.7. The molecular weight excluding hydrogens is 384 g/mol. The number of aliphatic hydroxyl groups is 1. The number of hydrogen-bond donors (Lipinski definition) is 2. The van der Waals surface area contributed by atoms with E-state index in [-0.39, 0.29) is 32.5 Å². The highest BCUT2D eigenvalue weighted by Gasteiger charge is 2.36. The standard InChI is InChI=1S/C23H28N2O5.H2/c1-16(13-17-7-8-19-20(14-17)30-15-29-19)22-23(27)24-10-11-25(22)21(26)9-12-28-18-5-3-2-4-6-18;/h2-8,14,16,22-24,27H,9-13,15H2,1H3;1H. The van der Waals surface area contributed by atoms with Crippen molar-refractivity contribution < 1.29 is 25.5 Å². The number of fused-ring (bicyclic) bond motifs is 1. The molecule has 2 aromatic rings. The van der Waals surface area contributed by atoms with Crippen LogP contribution in [0.5, 0.6) is 17.2 Å². The van der Waals surface area contributed by atoms with Gasteiger partial charge in [0.05, 0.1) is 19.1 Å². The van der Waals surface area contributed by atoms with Gasteiger partial charge in [-0.25, -0.2) is 0 Å². The summed E-state index contributed by atoms with van der Waals surface area (Å²) in [6, 6.07) is 15.0. The summed E-state index contributed by atoms with van der Waals surface area (Å²) in [5.74, 6) is 2.29. The van der Waals surface area contributed by atoms with E-state index < -0.39 is 6.23 Å². The number of ether oxygens (including phenoxy) is 3. The third kappa shape index (κ3) is 4.68. The largest absolute Gasteiger partial charge is 0.493 e. The smallest absolute Gasteiger partial charge is 0.231 e. The van der Waals surface area contributed by atoms with Gasteiger partial charge in [0.2, 0.25) is 12.7 Å². The van der Waals surface area contributed by atoms with E-state index in [1.54, 1.807) is 4.90 Å². The van der Waals surface area contributed by atoms with Crippen molar-refractivity contribution in [3.05, 3.63) is 54.1 Å². The first-order chi connectivity index (χ1) is 14.6. The molecule has 2 heterocycles. The molecular formula is C23H30N2O5. The van der Waals surface area contributed by atoms with Crippen molar-refractivity contribution in [1.29, 1.82) is 0 Å². The van der Waals surface area contributed by atoms with Crippen molar-refractivity contribution in [2.24, 2.45) is 5.92 Å². The van der Waals surface area contributed by atoms with Gasteiger partial charge in [0.1, 0.15) is 12.0 Å². The molecule has 1 fully saturated rings. The van der Waals surface area contributed by atoms with Gasteiger partial charge in [-0.15, -0.1) is 0 Å². The Balaban J connectivity index is 0.00000272. The van der Waals surface area contributed by atoms with E-state index in [9.17, 15) is 9.90 Å². The monoisotopic (exact) mass is 414 g/mol. The first-order valence-corrected chi connectivity index (χ1v) is 10.4. The summed E-state index contributed by atoms with van der Waals surface area (Å²) in [5, 5.41) is 13.7. The third-order valence-electron chi connectivity index (χ3n) is 5.62. The van der Waals surface area contributed by atoms with E-state index in [2.05, 4.69) is 12.2 Å². The second-order valence-corrected chi connectivity index (χ2v) is 7.76. The molecule has 7 nitrogen and oxygen atoms in total. The van der Waals surface area contributed by atoms with Crippen LogP contribution in [0.25, 0.3) is 0 Å². The Bertz CT molecular complexity index is 866. The maximum Gasteiger partial charge on any atom is 0.231 e. The van der Waals surface area contributed by atoms with Gasteiger partial charge in [-0.1, -0.05) is 31.2 Å². The fraction of sp³-hybridized carbons (Fsp3) is 0.435. The lowest BCUT2D eigenvalue weighted by Gasteiger charge is -2.43. The Morgan fingerprint density at radius 1 is 1.27 bits per heavy atom. The number of carbonyl (C=O) groups is 1. The fourth-order valence-corrected chi connectivity index (χ4v) is 4.16. The van der Waals surface area contributed by atoms with Gasteiger partial charge in [0.25, 0.3) is 0 Å². The van der Waals surface area contributed by atoms with Crippen LogP contribution in [0.15, 0.2) is 48.5 Å². The summed E-state index contributed by atoms with van der Waals surface area (Å²) in [6.07, 6.45) is 0.223.